The van der Waals surface area contributed by atoms with Crippen LogP contribution in [0, 0.1) is 5.82 Å². The van der Waals surface area contributed by atoms with Gasteiger partial charge in [-0.3, -0.25) is 4.79 Å². The van der Waals surface area contributed by atoms with Gasteiger partial charge in [-0.05, 0) is 46.1 Å². The highest BCUT2D eigenvalue weighted by molar-refractivity contribution is 5.95. The van der Waals surface area contributed by atoms with Gasteiger partial charge in [0.25, 0.3) is 5.91 Å². The number of likely N-dealkylation sites (N-methyl/N-ethyl adjacent to an activating group) is 1. The van der Waals surface area contributed by atoms with E-state index in [0.29, 0.717) is 6.54 Å². The van der Waals surface area contributed by atoms with Gasteiger partial charge in [0.1, 0.15) is 5.82 Å². The van der Waals surface area contributed by atoms with E-state index in [2.05, 4.69) is 5.32 Å². The molecule has 3 N–H and O–H groups in total. The third kappa shape index (κ3) is 3.70. The first-order chi connectivity index (χ1) is 8.22. The minimum absolute atomic E-state index is 0.172. The van der Waals surface area contributed by atoms with Crippen LogP contribution in [-0.2, 0) is 0 Å². The first-order valence-corrected chi connectivity index (χ1v) is 5.74. The second-order valence-electron chi connectivity index (χ2n) is 5.16. The Morgan fingerprint density at radius 3 is 2.50 bits per heavy atom. The van der Waals surface area contributed by atoms with Crippen molar-refractivity contribution in [2.45, 2.75) is 19.4 Å². The molecule has 0 unspecified atom stereocenters. The van der Waals surface area contributed by atoms with Crippen LogP contribution in [0.25, 0.3) is 0 Å². The predicted octanol–water partition coefficient (Wildman–Crippen LogP) is 1.48. The van der Waals surface area contributed by atoms with Crippen molar-refractivity contribution in [3.05, 3.63) is 29.6 Å². The van der Waals surface area contributed by atoms with Crippen LogP contribution in [0.5, 0.6) is 0 Å². The van der Waals surface area contributed by atoms with Crippen molar-refractivity contribution in [3.8, 4) is 0 Å². The standard InChI is InChI=1S/C13H20FN3O/c1-13(2,17(3)4)8-16-12(18)9-5-10(14)7-11(15)6-9/h5-7H,8,15H2,1-4H3,(H,16,18). The third-order valence-electron chi connectivity index (χ3n) is 3.07. The van der Waals surface area contributed by atoms with Gasteiger partial charge in [-0.2, -0.15) is 0 Å². The van der Waals surface area contributed by atoms with Crippen LogP contribution in [-0.4, -0.2) is 37.0 Å². The summed E-state index contributed by atoms with van der Waals surface area (Å²) in [5.41, 5.74) is 5.81. The summed E-state index contributed by atoms with van der Waals surface area (Å²) in [4.78, 5) is 13.9. The highest BCUT2D eigenvalue weighted by Gasteiger charge is 2.21. The molecule has 1 aromatic rings. The summed E-state index contributed by atoms with van der Waals surface area (Å²) in [6, 6.07) is 3.82. The maximum atomic E-state index is 13.1. The maximum absolute atomic E-state index is 13.1. The van der Waals surface area contributed by atoms with Crippen LogP contribution < -0.4 is 11.1 Å². The van der Waals surface area contributed by atoms with Crippen LogP contribution in [0.1, 0.15) is 24.2 Å². The van der Waals surface area contributed by atoms with Gasteiger partial charge >= 0.3 is 0 Å². The molecule has 100 valence electrons. The average Bonchev–Trinajstić information content (AvgIpc) is 2.24. The zero-order valence-electron chi connectivity index (χ0n) is 11.2. The van der Waals surface area contributed by atoms with E-state index in [4.69, 9.17) is 5.73 Å². The smallest absolute Gasteiger partial charge is 0.251 e. The summed E-state index contributed by atoms with van der Waals surface area (Å²) in [6.07, 6.45) is 0. The minimum atomic E-state index is -0.507. The van der Waals surface area contributed by atoms with E-state index in [-0.39, 0.29) is 22.7 Å². The van der Waals surface area contributed by atoms with E-state index in [9.17, 15) is 9.18 Å². The van der Waals surface area contributed by atoms with Crippen molar-refractivity contribution in [2.75, 3.05) is 26.4 Å². The van der Waals surface area contributed by atoms with Gasteiger partial charge in [0.2, 0.25) is 0 Å². The van der Waals surface area contributed by atoms with Gasteiger partial charge in [-0.1, -0.05) is 0 Å². The van der Waals surface area contributed by atoms with Gasteiger partial charge in [0, 0.05) is 23.3 Å². The number of rotatable bonds is 4. The second kappa shape index (κ2) is 5.35. The summed E-state index contributed by atoms with van der Waals surface area (Å²) in [5.74, 6) is -0.830. The molecule has 0 fully saturated rings. The number of nitrogens with one attached hydrogen (secondary N) is 1. The number of nitrogen functional groups attached to an aromatic ring is 1. The molecule has 0 saturated heterocycles. The van der Waals surface area contributed by atoms with Crippen molar-refractivity contribution in [1.82, 2.24) is 10.2 Å². The van der Waals surface area contributed by atoms with Crippen LogP contribution in [0.4, 0.5) is 10.1 Å². The molecule has 0 heterocycles. The first-order valence-electron chi connectivity index (χ1n) is 5.74. The lowest BCUT2D eigenvalue weighted by molar-refractivity contribution is 0.0919. The summed E-state index contributed by atoms with van der Waals surface area (Å²) in [7, 11) is 3.87. The lowest BCUT2D eigenvalue weighted by atomic mass is 10.0. The van der Waals surface area contributed by atoms with E-state index in [1.54, 1.807) is 0 Å². The number of halogens is 1. The predicted molar refractivity (Wildman–Crippen MR) is 70.9 cm³/mol. The Morgan fingerprint density at radius 2 is 2.00 bits per heavy atom. The highest BCUT2D eigenvalue weighted by atomic mass is 19.1. The molecule has 0 atom stereocenters. The molecular formula is C13H20FN3O. The molecule has 0 spiro atoms. The van der Waals surface area contributed by atoms with Gasteiger partial charge in [-0.25, -0.2) is 4.39 Å². The lowest BCUT2D eigenvalue weighted by Gasteiger charge is -2.32. The van der Waals surface area contributed by atoms with Crippen molar-refractivity contribution >= 4 is 11.6 Å². The summed E-state index contributed by atoms with van der Waals surface area (Å²) in [6.45, 7) is 4.48. The van der Waals surface area contributed by atoms with Crippen LogP contribution in [0.15, 0.2) is 18.2 Å². The monoisotopic (exact) mass is 253 g/mol. The van der Waals surface area contributed by atoms with Crippen molar-refractivity contribution < 1.29 is 9.18 Å². The number of amides is 1. The molecule has 0 bridgehead atoms. The second-order valence-corrected chi connectivity index (χ2v) is 5.16. The Labute approximate surface area is 107 Å². The number of carbonyl (C=O) groups is 1. The molecule has 0 aliphatic heterocycles. The normalized spacial score (nSPS) is 11.7. The van der Waals surface area contributed by atoms with Crippen LogP contribution in [0.2, 0.25) is 0 Å². The minimum Gasteiger partial charge on any atom is -0.399 e. The fraction of sp³-hybridized carbons (Fsp3) is 0.462. The number of hydrogen-bond acceptors (Lipinski definition) is 3. The zero-order valence-corrected chi connectivity index (χ0v) is 11.2. The van der Waals surface area contributed by atoms with E-state index in [0.717, 1.165) is 0 Å². The summed E-state index contributed by atoms with van der Waals surface area (Å²) < 4.78 is 13.1. The van der Waals surface area contributed by atoms with Gasteiger partial charge < -0.3 is 16.0 Å². The molecule has 18 heavy (non-hydrogen) atoms. The number of carbonyl (C=O) groups excluding carboxylic acids is 1. The molecule has 1 amide bonds. The molecule has 4 nitrogen and oxygen atoms in total. The quantitative estimate of drug-likeness (QED) is 0.799. The molecule has 0 aliphatic rings. The molecule has 0 aliphatic carbocycles. The van der Waals surface area contributed by atoms with Gasteiger partial charge in [0.05, 0.1) is 0 Å². The zero-order chi connectivity index (χ0) is 13.9. The Bertz CT molecular complexity index is 424. The number of benzene rings is 1. The molecule has 5 heteroatoms. The topological polar surface area (TPSA) is 58.4 Å². The van der Waals surface area contributed by atoms with Crippen molar-refractivity contribution in [1.29, 1.82) is 0 Å². The molecule has 0 radical (unpaired) electrons. The fourth-order valence-electron chi connectivity index (χ4n) is 1.30. The van der Waals surface area contributed by atoms with E-state index in [1.165, 1.54) is 18.2 Å². The summed E-state index contributed by atoms with van der Waals surface area (Å²) >= 11 is 0. The average molecular weight is 253 g/mol. The Balaban J connectivity index is 2.72. The van der Waals surface area contributed by atoms with E-state index >= 15 is 0 Å². The Kier molecular flexibility index (Phi) is 4.29. The molecule has 0 saturated carbocycles. The Morgan fingerprint density at radius 1 is 1.39 bits per heavy atom. The number of nitrogens with two attached hydrogens (primary N) is 1. The largest absolute Gasteiger partial charge is 0.399 e. The number of hydrogen-bond donors (Lipinski definition) is 2. The lowest BCUT2D eigenvalue weighted by Crippen LogP contribution is -2.48. The molecule has 0 aromatic heterocycles. The maximum Gasteiger partial charge on any atom is 0.251 e. The number of nitrogens with zero attached hydrogens (tertiary/aromatic N) is 1. The highest BCUT2D eigenvalue weighted by Crippen LogP contribution is 2.12. The molecular weight excluding hydrogens is 233 g/mol. The first kappa shape index (κ1) is 14.4. The van der Waals surface area contributed by atoms with Crippen molar-refractivity contribution in [3.63, 3.8) is 0 Å². The molecule has 1 rings (SSSR count). The van der Waals surface area contributed by atoms with Crippen LogP contribution in [0.3, 0.4) is 0 Å². The summed E-state index contributed by atoms with van der Waals surface area (Å²) in [5, 5.41) is 2.77. The SMILES string of the molecule is CN(C)C(C)(C)CNC(=O)c1cc(N)cc(F)c1. The van der Waals surface area contributed by atoms with E-state index < -0.39 is 5.82 Å². The van der Waals surface area contributed by atoms with Crippen molar-refractivity contribution in [2.24, 2.45) is 0 Å². The third-order valence-corrected chi connectivity index (χ3v) is 3.07. The van der Waals surface area contributed by atoms with Gasteiger partial charge in [-0.15, -0.1) is 0 Å². The van der Waals surface area contributed by atoms with E-state index in [1.807, 2.05) is 32.8 Å². The number of anilines is 1. The van der Waals surface area contributed by atoms with Gasteiger partial charge in [0.15, 0.2) is 0 Å². The van der Waals surface area contributed by atoms with Crippen LogP contribution >= 0.6 is 0 Å². The fourth-order valence-corrected chi connectivity index (χ4v) is 1.30. The molecule has 1 aromatic carbocycles. The Hall–Kier alpha value is -1.62.